The van der Waals surface area contributed by atoms with Crippen LogP contribution in [0, 0.1) is 0 Å². The summed E-state index contributed by atoms with van der Waals surface area (Å²) in [5.74, 6) is 0. The van der Waals surface area contributed by atoms with Gasteiger partial charge in [-0.25, -0.2) is 9.98 Å². The summed E-state index contributed by atoms with van der Waals surface area (Å²) < 4.78 is 2.05. The van der Waals surface area contributed by atoms with Crippen molar-refractivity contribution in [2.24, 2.45) is 4.99 Å². The molecule has 0 saturated heterocycles. The number of aromatic nitrogens is 2. The molecule has 4 heteroatoms. The number of imidazole rings is 1. The second kappa shape index (κ2) is 16.9. The number of hydrogen-bond acceptors (Lipinski definition) is 3. The molecule has 0 amide bonds. The molecule has 0 spiro atoms. The lowest BCUT2D eigenvalue weighted by molar-refractivity contribution is 1.19. The van der Waals surface area contributed by atoms with Gasteiger partial charge in [0, 0.05) is 51.7 Å². The highest BCUT2D eigenvalue weighted by molar-refractivity contribution is 6.39. The van der Waals surface area contributed by atoms with E-state index in [-0.39, 0.29) is 0 Å². The average molecular weight is 833 g/mol. The number of anilines is 3. The van der Waals surface area contributed by atoms with E-state index in [4.69, 9.17) is 16.6 Å². The molecule has 4 nitrogen and oxygen atoms in total. The van der Waals surface area contributed by atoms with Crippen LogP contribution in [0.5, 0.6) is 0 Å². The number of para-hydroxylation sites is 1. The van der Waals surface area contributed by atoms with Crippen molar-refractivity contribution in [3.05, 3.63) is 271 Å². The van der Waals surface area contributed by atoms with Gasteiger partial charge in [-0.2, -0.15) is 0 Å². The SMILES string of the molecule is C=C1C(c2ccc3ccccc3c2)=CC=C(c2ccc3ccccc3c2)C1=N/C(=C(\C)c1ccccc1)c1ccc(N(c2ccccc2)c2ccc(-c3cn4ccccc4n3)cc2)cc1. The number of fused-ring (bicyclic) bond motifs is 3. The highest BCUT2D eigenvalue weighted by atomic mass is 15.1. The summed E-state index contributed by atoms with van der Waals surface area (Å²) in [6.45, 7) is 6.99. The molecule has 0 saturated carbocycles. The zero-order chi connectivity index (χ0) is 43.7. The van der Waals surface area contributed by atoms with E-state index in [9.17, 15) is 0 Å². The Labute approximate surface area is 379 Å². The average Bonchev–Trinajstić information content (AvgIpc) is 3.81. The molecular weight excluding hydrogens is 789 g/mol. The zero-order valence-corrected chi connectivity index (χ0v) is 36.0. The maximum atomic E-state index is 5.75. The van der Waals surface area contributed by atoms with Crippen LogP contribution in [-0.4, -0.2) is 15.1 Å². The number of rotatable bonds is 9. The Kier molecular flexibility index (Phi) is 10.2. The number of hydrogen-bond donors (Lipinski definition) is 0. The van der Waals surface area contributed by atoms with Gasteiger partial charge in [-0.3, -0.25) is 0 Å². The summed E-state index contributed by atoms with van der Waals surface area (Å²) in [6.07, 6.45) is 8.54. The van der Waals surface area contributed by atoms with Crippen molar-refractivity contribution in [3.8, 4) is 11.3 Å². The quantitative estimate of drug-likeness (QED) is 0.136. The molecule has 2 heterocycles. The van der Waals surface area contributed by atoms with E-state index < -0.39 is 0 Å². The van der Waals surface area contributed by atoms with Crippen LogP contribution in [0.25, 0.3) is 60.9 Å². The molecule has 11 rings (SSSR count). The van der Waals surface area contributed by atoms with Crippen LogP contribution in [-0.2, 0) is 0 Å². The zero-order valence-electron chi connectivity index (χ0n) is 36.0. The molecule has 0 aliphatic heterocycles. The van der Waals surface area contributed by atoms with E-state index in [2.05, 4.69) is 229 Å². The van der Waals surface area contributed by atoms with Gasteiger partial charge in [0.05, 0.1) is 17.1 Å². The van der Waals surface area contributed by atoms with Gasteiger partial charge in [0.15, 0.2) is 0 Å². The largest absolute Gasteiger partial charge is 0.311 e. The van der Waals surface area contributed by atoms with Crippen molar-refractivity contribution in [3.63, 3.8) is 0 Å². The van der Waals surface area contributed by atoms with E-state index in [0.717, 1.165) is 89.9 Å². The van der Waals surface area contributed by atoms with Crippen LogP contribution < -0.4 is 4.90 Å². The summed E-state index contributed by atoms with van der Waals surface area (Å²) in [5.41, 5.74) is 16.1. The molecule has 308 valence electrons. The van der Waals surface area contributed by atoms with Crippen LogP contribution in [0.15, 0.2) is 254 Å². The van der Waals surface area contributed by atoms with E-state index in [1.54, 1.807) is 0 Å². The Hall–Kier alpha value is -8.60. The van der Waals surface area contributed by atoms with Crippen molar-refractivity contribution < 1.29 is 0 Å². The third kappa shape index (κ3) is 7.68. The summed E-state index contributed by atoms with van der Waals surface area (Å²) in [6, 6.07) is 74.9. The van der Waals surface area contributed by atoms with Crippen molar-refractivity contribution in [1.82, 2.24) is 9.38 Å². The van der Waals surface area contributed by atoms with Gasteiger partial charge in [0.1, 0.15) is 5.65 Å². The normalized spacial score (nSPS) is 13.8. The van der Waals surface area contributed by atoms with Crippen LogP contribution in [0.3, 0.4) is 0 Å². The van der Waals surface area contributed by atoms with Gasteiger partial charge in [0.25, 0.3) is 0 Å². The van der Waals surface area contributed by atoms with Crippen molar-refractivity contribution in [2.75, 3.05) is 4.90 Å². The number of allylic oxidation sites excluding steroid dienone is 6. The Bertz CT molecular complexity index is 3500. The Morgan fingerprint density at radius 2 is 1.02 bits per heavy atom. The summed E-state index contributed by atoms with van der Waals surface area (Å²) in [5, 5.41) is 4.78. The molecule has 0 unspecified atom stereocenters. The second-order valence-electron chi connectivity index (χ2n) is 16.4. The fourth-order valence-corrected chi connectivity index (χ4v) is 8.93. The van der Waals surface area contributed by atoms with Crippen LogP contribution in [0.1, 0.15) is 29.2 Å². The molecule has 1 aliphatic rings. The lowest BCUT2D eigenvalue weighted by atomic mass is 9.83. The van der Waals surface area contributed by atoms with Crippen LogP contribution in [0.4, 0.5) is 17.1 Å². The smallest absolute Gasteiger partial charge is 0.137 e. The first-order valence-electron chi connectivity index (χ1n) is 22.0. The van der Waals surface area contributed by atoms with Crippen LogP contribution >= 0.6 is 0 Å². The fraction of sp³-hybridized carbons (Fsp3) is 0.0164. The monoisotopic (exact) mass is 832 g/mol. The minimum absolute atomic E-state index is 0.844. The highest BCUT2D eigenvalue weighted by Crippen LogP contribution is 2.40. The molecule has 8 aromatic carbocycles. The third-order valence-electron chi connectivity index (χ3n) is 12.4. The molecule has 2 aromatic heterocycles. The maximum absolute atomic E-state index is 5.75. The van der Waals surface area contributed by atoms with Gasteiger partial charge in [0.2, 0.25) is 0 Å². The Balaban J connectivity index is 1.03. The van der Waals surface area contributed by atoms with Gasteiger partial charge in [-0.05, 0) is 117 Å². The Morgan fingerprint density at radius 1 is 0.492 bits per heavy atom. The Morgan fingerprint density at radius 3 is 1.66 bits per heavy atom. The molecule has 65 heavy (non-hydrogen) atoms. The van der Waals surface area contributed by atoms with E-state index in [1.807, 2.05) is 24.4 Å². The molecule has 0 bridgehead atoms. The summed E-state index contributed by atoms with van der Waals surface area (Å²) >= 11 is 0. The lowest BCUT2D eigenvalue weighted by Gasteiger charge is -2.26. The second-order valence-corrected chi connectivity index (χ2v) is 16.4. The molecule has 1 aliphatic carbocycles. The predicted octanol–water partition coefficient (Wildman–Crippen LogP) is 15.8. The molecule has 10 aromatic rings. The van der Waals surface area contributed by atoms with Gasteiger partial charge in [-0.15, -0.1) is 0 Å². The first kappa shape index (κ1) is 39.3. The van der Waals surface area contributed by atoms with Crippen molar-refractivity contribution in [2.45, 2.75) is 6.92 Å². The summed E-state index contributed by atoms with van der Waals surface area (Å²) in [7, 11) is 0. The van der Waals surface area contributed by atoms with E-state index >= 15 is 0 Å². The minimum atomic E-state index is 0.844. The molecule has 0 fully saturated rings. The fourth-order valence-electron chi connectivity index (χ4n) is 8.93. The standard InChI is InChI=1S/C61H44N4/c1-42(44-15-5-3-6-16-44)60(48-30-34-55(35-31-48)65(53-21-7-4-8-22-53)54-32-28-47(29-33-54)58-41-64-38-14-13-23-59(64)62-58)63-61-43(2)56(51-26-24-45-17-9-11-19-49(45)39-51)36-37-57(61)52-27-25-46-18-10-12-20-50(46)40-52/h3-41H,2H2,1H3/b60-42+,63-61?. The minimum Gasteiger partial charge on any atom is -0.311 e. The molecular formula is C61H44N4. The van der Waals surface area contributed by atoms with Crippen molar-refractivity contribution in [1.29, 1.82) is 0 Å². The molecule has 0 N–H and O–H groups in total. The van der Waals surface area contributed by atoms with E-state index in [1.165, 1.54) is 21.5 Å². The number of pyridine rings is 1. The highest BCUT2D eigenvalue weighted by Gasteiger charge is 2.24. The van der Waals surface area contributed by atoms with E-state index in [0.29, 0.717) is 0 Å². The number of benzene rings is 8. The first-order valence-corrected chi connectivity index (χ1v) is 22.0. The topological polar surface area (TPSA) is 32.9 Å². The van der Waals surface area contributed by atoms with Gasteiger partial charge in [-0.1, -0.05) is 170 Å². The molecule has 0 atom stereocenters. The predicted molar refractivity (Wildman–Crippen MR) is 275 cm³/mol. The molecule has 0 radical (unpaired) electrons. The lowest BCUT2D eigenvalue weighted by Crippen LogP contribution is -2.12. The maximum Gasteiger partial charge on any atom is 0.137 e. The first-order chi connectivity index (χ1) is 32.0. The number of nitrogens with zero attached hydrogens (tertiary/aromatic N) is 4. The van der Waals surface area contributed by atoms with Crippen molar-refractivity contribution >= 4 is 72.4 Å². The van der Waals surface area contributed by atoms with Crippen LogP contribution in [0.2, 0.25) is 0 Å². The van der Waals surface area contributed by atoms with Gasteiger partial charge >= 0.3 is 0 Å². The van der Waals surface area contributed by atoms with Gasteiger partial charge < -0.3 is 9.30 Å². The number of aliphatic imine (C=N–C) groups is 1. The summed E-state index contributed by atoms with van der Waals surface area (Å²) in [4.78, 5) is 12.9. The third-order valence-corrected chi connectivity index (χ3v) is 12.4.